The summed E-state index contributed by atoms with van der Waals surface area (Å²) < 4.78 is 24.0. The lowest BCUT2D eigenvalue weighted by Crippen LogP contribution is -2.20. The minimum Gasteiger partial charge on any atom is -0.491 e. The van der Waals surface area contributed by atoms with Gasteiger partial charge in [-0.1, -0.05) is 13.8 Å². The first-order chi connectivity index (χ1) is 9.63. The Labute approximate surface area is 119 Å². The van der Waals surface area contributed by atoms with Gasteiger partial charge < -0.3 is 19.9 Å². The van der Waals surface area contributed by atoms with Crippen molar-refractivity contribution in [3.8, 4) is 5.75 Å². The molecule has 0 bridgehead atoms. The van der Waals surface area contributed by atoms with Crippen molar-refractivity contribution >= 4 is 0 Å². The molecule has 4 nitrogen and oxygen atoms in total. The SMILES string of the molecule is CC(C)CNCc1cc(F)ccc1OCCOCCO. The predicted molar refractivity (Wildman–Crippen MR) is 76.3 cm³/mol. The fourth-order valence-electron chi connectivity index (χ4n) is 1.70. The highest BCUT2D eigenvalue weighted by molar-refractivity contribution is 5.33. The van der Waals surface area contributed by atoms with Gasteiger partial charge in [0, 0.05) is 12.1 Å². The van der Waals surface area contributed by atoms with E-state index in [9.17, 15) is 4.39 Å². The average molecular weight is 285 g/mol. The summed E-state index contributed by atoms with van der Waals surface area (Å²) in [4.78, 5) is 0. The van der Waals surface area contributed by atoms with Gasteiger partial charge >= 0.3 is 0 Å². The second-order valence-electron chi connectivity index (χ2n) is 4.96. The zero-order valence-corrected chi connectivity index (χ0v) is 12.2. The molecule has 0 fully saturated rings. The van der Waals surface area contributed by atoms with Crippen molar-refractivity contribution in [2.75, 3.05) is 33.0 Å². The molecule has 20 heavy (non-hydrogen) atoms. The molecule has 0 aromatic heterocycles. The van der Waals surface area contributed by atoms with Crippen LogP contribution in [0.5, 0.6) is 5.75 Å². The highest BCUT2D eigenvalue weighted by Crippen LogP contribution is 2.19. The van der Waals surface area contributed by atoms with Crippen LogP contribution in [-0.4, -0.2) is 38.1 Å². The van der Waals surface area contributed by atoms with Gasteiger partial charge in [-0.2, -0.15) is 0 Å². The predicted octanol–water partition coefficient (Wildman–Crippen LogP) is 1.96. The van der Waals surface area contributed by atoms with Gasteiger partial charge in [-0.3, -0.25) is 0 Å². The van der Waals surface area contributed by atoms with E-state index in [0.717, 1.165) is 12.1 Å². The van der Waals surface area contributed by atoms with E-state index >= 15 is 0 Å². The molecule has 0 saturated carbocycles. The van der Waals surface area contributed by atoms with Crippen LogP contribution in [0.4, 0.5) is 4.39 Å². The first-order valence-electron chi connectivity index (χ1n) is 6.94. The normalized spacial score (nSPS) is 11.1. The molecule has 0 heterocycles. The number of aliphatic hydroxyl groups excluding tert-OH is 1. The van der Waals surface area contributed by atoms with E-state index in [1.807, 2.05) is 0 Å². The quantitative estimate of drug-likeness (QED) is 0.645. The van der Waals surface area contributed by atoms with Crippen molar-refractivity contribution in [1.82, 2.24) is 5.32 Å². The summed E-state index contributed by atoms with van der Waals surface area (Å²) in [6.45, 7) is 6.76. The number of benzene rings is 1. The highest BCUT2D eigenvalue weighted by Gasteiger charge is 2.06. The summed E-state index contributed by atoms with van der Waals surface area (Å²) in [6.07, 6.45) is 0. The fourth-order valence-corrected chi connectivity index (χ4v) is 1.70. The molecule has 114 valence electrons. The Bertz CT molecular complexity index is 385. The minimum absolute atomic E-state index is 0.000913. The molecule has 0 atom stereocenters. The van der Waals surface area contributed by atoms with Crippen LogP contribution in [0.3, 0.4) is 0 Å². The van der Waals surface area contributed by atoms with E-state index in [-0.39, 0.29) is 12.4 Å². The van der Waals surface area contributed by atoms with Crippen LogP contribution in [0.2, 0.25) is 0 Å². The highest BCUT2D eigenvalue weighted by atomic mass is 19.1. The Morgan fingerprint density at radius 1 is 1.25 bits per heavy atom. The molecule has 0 aliphatic carbocycles. The number of ether oxygens (including phenoxy) is 2. The van der Waals surface area contributed by atoms with Crippen molar-refractivity contribution in [2.24, 2.45) is 5.92 Å². The van der Waals surface area contributed by atoms with Gasteiger partial charge in [-0.05, 0) is 30.7 Å². The molecular weight excluding hydrogens is 261 g/mol. The molecule has 1 rings (SSSR count). The van der Waals surface area contributed by atoms with E-state index in [4.69, 9.17) is 14.6 Å². The van der Waals surface area contributed by atoms with Gasteiger partial charge in [0.05, 0.1) is 19.8 Å². The third-order valence-corrected chi connectivity index (χ3v) is 2.61. The topological polar surface area (TPSA) is 50.7 Å². The molecule has 5 heteroatoms. The van der Waals surface area contributed by atoms with Crippen LogP contribution in [0.15, 0.2) is 18.2 Å². The molecule has 1 aromatic rings. The smallest absolute Gasteiger partial charge is 0.124 e. The molecule has 0 radical (unpaired) electrons. The number of halogens is 1. The van der Waals surface area contributed by atoms with Crippen molar-refractivity contribution < 1.29 is 19.0 Å². The Balaban J connectivity index is 2.47. The van der Waals surface area contributed by atoms with Crippen molar-refractivity contribution in [1.29, 1.82) is 0 Å². The van der Waals surface area contributed by atoms with Gasteiger partial charge in [-0.15, -0.1) is 0 Å². The lowest BCUT2D eigenvalue weighted by molar-refractivity contribution is 0.0702. The van der Waals surface area contributed by atoms with E-state index < -0.39 is 0 Å². The number of nitrogens with one attached hydrogen (secondary N) is 1. The second-order valence-corrected chi connectivity index (χ2v) is 4.96. The van der Waals surface area contributed by atoms with Crippen molar-refractivity contribution in [2.45, 2.75) is 20.4 Å². The second kappa shape index (κ2) is 9.69. The monoisotopic (exact) mass is 285 g/mol. The zero-order valence-electron chi connectivity index (χ0n) is 12.2. The van der Waals surface area contributed by atoms with Crippen molar-refractivity contribution in [3.63, 3.8) is 0 Å². The number of aliphatic hydroxyl groups is 1. The first-order valence-corrected chi connectivity index (χ1v) is 6.94. The summed E-state index contributed by atoms with van der Waals surface area (Å²) in [7, 11) is 0. The maximum absolute atomic E-state index is 13.3. The standard InChI is InChI=1S/C15H24FNO3/c1-12(2)10-17-11-13-9-14(16)3-4-15(13)20-8-7-19-6-5-18/h3-4,9,12,17-18H,5-8,10-11H2,1-2H3. The Kier molecular flexibility index (Phi) is 8.18. The summed E-state index contributed by atoms with van der Waals surface area (Å²) in [6, 6.07) is 4.50. The van der Waals surface area contributed by atoms with Crippen LogP contribution in [0.1, 0.15) is 19.4 Å². The summed E-state index contributed by atoms with van der Waals surface area (Å²) in [5.41, 5.74) is 0.799. The van der Waals surface area contributed by atoms with E-state index in [0.29, 0.717) is 38.0 Å². The molecule has 2 N–H and O–H groups in total. The van der Waals surface area contributed by atoms with E-state index in [2.05, 4.69) is 19.2 Å². The summed E-state index contributed by atoms with van der Waals surface area (Å²) in [5.74, 6) is 0.935. The van der Waals surface area contributed by atoms with Crippen molar-refractivity contribution in [3.05, 3.63) is 29.6 Å². The first kappa shape index (κ1) is 16.9. The number of hydrogen-bond acceptors (Lipinski definition) is 4. The molecule has 1 aromatic carbocycles. The Hall–Kier alpha value is -1.17. The van der Waals surface area contributed by atoms with Gasteiger partial charge in [0.25, 0.3) is 0 Å². The molecule has 0 unspecified atom stereocenters. The minimum atomic E-state index is -0.268. The van der Waals surface area contributed by atoms with E-state index in [1.54, 1.807) is 6.07 Å². The maximum atomic E-state index is 13.3. The molecular formula is C15H24FNO3. The van der Waals surface area contributed by atoms with Crippen LogP contribution >= 0.6 is 0 Å². The third-order valence-electron chi connectivity index (χ3n) is 2.61. The molecule has 0 aliphatic rings. The molecule has 0 spiro atoms. The number of rotatable bonds is 10. The average Bonchev–Trinajstić information content (AvgIpc) is 2.40. The fraction of sp³-hybridized carbons (Fsp3) is 0.600. The molecule has 0 saturated heterocycles. The summed E-state index contributed by atoms with van der Waals surface area (Å²) in [5, 5.41) is 11.9. The van der Waals surface area contributed by atoms with Crippen LogP contribution < -0.4 is 10.1 Å². The largest absolute Gasteiger partial charge is 0.491 e. The molecule has 0 amide bonds. The van der Waals surface area contributed by atoms with Gasteiger partial charge in [0.1, 0.15) is 18.2 Å². The Morgan fingerprint density at radius 3 is 2.75 bits per heavy atom. The lowest BCUT2D eigenvalue weighted by atomic mass is 10.1. The van der Waals surface area contributed by atoms with Crippen LogP contribution in [-0.2, 0) is 11.3 Å². The van der Waals surface area contributed by atoms with Gasteiger partial charge in [0.2, 0.25) is 0 Å². The van der Waals surface area contributed by atoms with Gasteiger partial charge in [-0.25, -0.2) is 4.39 Å². The Morgan fingerprint density at radius 2 is 2.05 bits per heavy atom. The third kappa shape index (κ3) is 6.84. The van der Waals surface area contributed by atoms with Crippen LogP contribution in [0.25, 0.3) is 0 Å². The maximum Gasteiger partial charge on any atom is 0.124 e. The van der Waals surface area contributed by atoms with Crippen LogP contribution in [0, 0.1) is 11.7 Å². The lowest BCUT2D eigenvalue weighted by Gasteiger charge is -2.13. The van der Waals surface area contributed by atoms with E-state index in [1.165, 1.54) is 12.1 Å². The summed E-state index contributed by atoms with van der Waals surface area (Å²) >= 11 is 0. The number of hydrogen-bond donors (Lipinski definition) is 2. The molecule has 0 aliphatic heterocycles. The zero-order chi connectivity index (χ0) is 14.8. The van der Waals surface area contributed by atoms with Gasteiger partial charge in [0.15, 0.2) is 0 Å².